The molecule has 0 fully saturated rings. The highest BCUT2D eigenvalue weighted by molar-refractivity contribution is 7.13. The number of thiophene rings is 1. The lowest BCUT2D eigenvalue weighted by atomic mass is 10.2. The van der Waals surface area contributed by atoms with E-state index in [1.165, 1.54) is 17.4 Å². The Labute approximate surface area is 134 Å². The molecule has 1 amide bonds. The van der Waals surface area contributed by atoms with E-state index in [9.17, 15) is 4.79 Å². The lowest BCUT2D eigenvalue weighted by Gasteiger charge is -2.07. The van der Waals surface area contributed by atoms with Gasteiger partial charge in [-0.25, -0.2) is 0 Å². The SMILES string of the molecule is NC(=O)c1cc(Cl)ccc1OCc1noc(-c2cccs2)n1. The summed E-state index contributed by atoms with van der Waals surface area (Å²) in [5, 5.41) is 6.16. The van der Waals surface area contributed by atoms with E-state index in [-0.39, 0.29) is 12.2 Å². The first-order chi connectivity index (χ1) is 10.6. The molecule has 0 saturated carbocycles. The van der Waals surface area contributed by atoms with Gasteiger partial charge in [0.25, 0.3) is 11.8 Å². The maximum absolute atomic E-state index is 11.4. The zero-order valence-electron chi connectivity index (χ0n) is 11.2. The third kappa shape index (κ3) is 3.10. The molecule has 0 atom stereocenters. The number of amides is 1. The van der Waals surface area contributed by atoms with Crippen LogP contribution in [-0.2, 0) is 6.61 Å². The summed E-state index contributed by atoms with van der Waals surface area (Å²) >= 11 is 7.34. The molecule has 2 N–H and O–H groups in total. The molecule has 2 aromatic heterocycles. The topological polar surface area (TPSA) is 91.2 Å². The van der Waals surface area contributed by atoms with Crippen molar-refractivity contribution < 1.29 is 14.1 Å². The van der Waals surface area contributed by atoms with E-state index >= 15 is 0 Å². The standard InChI is InChI=1S/C14H10ClN3O3S/c15-8-3-4-10(9(6-8)13(16)19)20-7-12-17-14(21-18-12)11-2-1-5-22-11/h1-6H,7H2,(H2,16,19). The summed E-state index contributed by atoms with van der Waals surface area (Å²) in [6.45, 7) is 0.0524. The van der Waals surface area contributed by atoms with E-state index in [2.05, 4.69) is 10.1 Å². The van der Waals surface area contributed by atoms with Gasteiger partial charge >= 0.3 is 0 Å². The van der Waals surface area contributed by atoms with Crippen molar-refractivity contribution in [2.24, 2.45) is 5.73 Å². The maximum atomic E-state index is 11.4. The number of hydrogen-bond donors (Lipinski definition) is 1. The van der Waals surface area contributed by atoms with Gasteiger partial charge in [-0.3, -0.25) is 4.79 Å². The van der Waals surface area contributed by atoms with Crippen LogP contribution in [0.25, 0.3) is 10.8 Å². The molecule has 3 aromatic rings. The van der Waals surface area contributed by atoms with Gasteiger partial charge in [0.15, 0.2) is 6.61 Å². The van der Waals surface area contributed by atoms with E-state index in [0.29, 0.717) is 22.5 Å². The van der Waals surface area contributed by atoms with Crippen LogP contribution in [0.1, 0.15) is 16.2 Å². The van der Waals surface area contributed by atoms with E-state index in [0.717, 1.165) is 4.88 Å². The van der Waals surface area contributed by atoms with Crippen molar-refractivity contribution in [2.45, 2.75) is 6.61 Å². The molecular formula is C14H10ClN3O3S. The van der Waals surface area contributed by atoms with Crippen LogP contribution in [0.2, 0.25) is 5.02 Å². The average Bonchev–Trinajstić information content (AvgIpc) is 3.16. The molecule has 2 heterocycles. The zero-order valence-corrected chi connectivity index (χ0v) is 12.7. The highest BCUT2D eigenvalue weighted by Gasteiger charge is 2.13. The maximum Gasteiger partial charge on any atom is 0.268 e. The number of carbonyl (C=O) groups is 1. The van der Waals surface area contributed by atoms with E-state index in [1.54, 1.807) is 12.1 Å². The van der Waals surface area contributed by atoms with Gasteiger partial charge in [0, 0.05) is 5.02 Å². The Hall–Kier alpha value is -2.38. The molecule has 8 heteroatoms. The monoisotopic (exact) mass is 335 g/mol. The molecule has 0 saturated heterocycles. The van der Waals surface area contributed by atoms with E-state index < -0.39 is 5.91 Å². The van der Waals surface area contributed by atoms with Crippen molar-refractivity contribution in [1.29, 1.82) is 0 Å². The van der Waals surface area contributed by atoms with Crippen LogP contribution in [0, 0.1) is 0 Å². The van der Waals surface area contributed by atoms with Crippen molar-refractivity contribution in [2.75, 3.05) is 0 Å². The second-order valence-corrected chi connectivity index (χ2v) is 5.67. The summed E-state index contributed by atoms with van der Waals surface area (Å²) in [7, 11) is 0. The molecule has 0 unspecified atom stereocenters. The number of primary amides is 1. The van der Waals surface area contributed by atoms with Gasteiger partial charge in [0.1, 0.15) is 5.75 Å². The molecular weight excluding hydrogens is 326 g/mol. The number of nitrogens with zero attached hydrogens (tertiary/aromatic N) is 2. The first-order valence-corrected chi connectivity index (χ1v) is 7.48. The summed E-state index contributed by atoms with van der Waals surface area (Å²) < 4.78 is 10.7. The lowest BCUT2D eigenvalue weighted by molar-refractivity contribution is 0.0995. The Kier molecular flexibility index (Phi) is 4.08. The molecule has 0 aliphatic carbocycles. The molecule has 0 aliphatic heterocycles. The fourth-order valence-electron chi connectivity index (χ4n) is 1.78. The van der Waals surface area contributed by atoms with Gasteiger partial charge in [-0.2, -0.15) is 4.98 Å². The smallest absolute Gasteiger partial charge is 0.268 e. The van der Waals surface area contributed by atoms with Gasteiger partial charge < -0.3 is 15.0 Å². The molecule has 1 aromatic carbocycles. The number of rotatable bonds is 5. The molecule has 6 nitrogen and oxygen atoms in total. The second-order valence-electron chi connectivity index (χ2n) is 4.29. The van der Waals surface area contributed by atoms with Crippen LogP contribution in [-0.4, -0.2) is 16.0 Å². The fraction of sp³-hybridized carbons (Fsp3) is 0.0714. The third-order valence-corrected chi connectivity index (χ3v) is 3.86. The predicted molar refractivity (Wildman–Crippen MR) is 81.9 cm³/mol. The Balaban J connectivity index is 1.74. The minimum Gasteiger partial charge on any atom is -0.485 e. The van der Waals surface area contributed by atoms with E-state index in [4.69, 9.17) is 26.6 Å². The Morgan fingerprint density at radius 2 is 2.27 bits per heavy atom. The lowest BCUT2D eigenvalue weighted by Crippen LogP contribution is -2.13. The fourth-order valence-corrected chi connectivity index (χ4v) is 2.59. The van der Waals surface area contributed by atoms with Crippen molar-refractivity contribution >= 4 is 28.8 Å². The van der Waals surface area contributed by atoms with Crippen LogP contribution in [0.3, 0.4) is 0 Å². The Morgan fingerprint density at radius 3 is 3.00 bits per heavy atom. The minimum absolute atomic E-state index is 0.0524. The quantitative estimate of drug-likeness (QED) is 0.773. The van der Waals surface area contributed by atoms with Gasteiger partial charge in [-0.05, 0) is 29.6 Å². The number of hydrogen-bond acceptors (Lipinski definition) is 6. The van der Waals surface area contributed by atoms with Crippen molar-refractivity contribution in [1.82, 2.24) is 10.1 Å². The van der Waals surface area contributed by atoms with Gasteiger partial charge in [-0.1, -0.05) is 22.8 Å². The summed E-state index contributed by atoms with van der Waals surface area (Å²) in [5.41, 5.74) is 5.50. The zero-order chi connectivity index (χ0) is 15.5. The summed E-state index contributed by atoms with van der Waals surface area (Å²) in [6.07, 6.45) is 0. The average molecular weight is 336 g/mol. The molecule has 0 radical (unpaired) electrons. The number of aromatic nitrogens is 2. The highest BCUT2D eigenvalue weighted by atomic mass is 35.5. The van der Waals surface area contributed by atoms with Crippen LogP contribution in [0.4, 0.5) is 0 Å². The normalized spacial score (nSPS) is 10.6. The number of carbonyl (C=O) groups excluding carboxylic acids is 1. The molecule has 0 aliphatic rings. The van der Waals surface area contributed by atoms with Crippen molar-refractivity contribution in [3.05, 3.63) is 52.1 Å². The molecule has 3 rings (SSSR count). The van der Waals surface area contributed by atoms with Crippen LogP contribution in [0.5, 0.6) is 5.75 Å². The molecule has 0 spiro atoms. The van der Waals surface area contributed by atoms with Gasteiger partial charge in [-0.15, -0.1) is 11.3 Å². The summed E-state index contributed by atoms with van der Waals surface area (Å²) in [5.74, 6) is 0.498. The number of benzene rings is 1. The number of ether oxygens (including phenoxy) is 1. The second kappa shape index (κ2) is 6.17. The Morgan fingerprint density at radius 1 is 1.41 bits per heavy atom. The summed E-state index contributed by atoms with van der Waals surface area (Å²) in [6, 6.07) is 8.41. The third-order valence-electron chi connectivity index (χ3n) is 2.76. The molecule has 22 heavy (non-hydrogen) atoms. The molecule has 112 valence electrons. The van der Waals surface area contributed by atoms with Crippen molar-refractivity contribution in [3.63, 3.8) is 0 Å². The number of nitrogens with two attached hydrogens (primary N) is 1. The van der Waals surface area contributed by atoms with Crippen LogP contribution < -0.4 is 10.5 Å². The largest absolute Gasteiger partial charge is 0.485 e. The summed E-state index contributed by atoms with van der Waals surface area (Å²) in [4.78, 5) is 16.5. The molecule has 0 bridgehead atoms. The first kappa shape index (κ1) is 14.6. The van der Waals surface area contributed by atoms with Crippen LogP contribution >= 0.6 is 22.9 Å². The first-order valence-electron chi connectivity index (χ1n) is 6.22. The minimum atomic E-state index is -0.620. The number of halogens is 1. The van der Waals surface area contributed by atoms with Gasteiger partial charge in [0.05, 0.1) is 10.4 Å². The van der Waals surface area contributed by atoms with Gasteiger partial charge in [0.2, 0.25) is 5.82 Å². The highest BCUT2D eigenvalue weighted by Crippen LogP contribution is 2.25. The van der Waals surface area contributed by atoms with Crippen LogP contribution in [0.15, 0.2) is 40.2 Å². The Bertz CT molecular complexity index is 802. The van der Waals surface area contributed by atoms with E-state index in [1.807, 2.05) is 17.5 Å². The predicted octanol–water partition coefficient (Wildman–Crippen LogP) is 3.13. The van der Waals surface area contributed by atoms with Crippen molar-refractivity contribution in [3.8, 4) is 16.5 Å².